The van der Waals surface area contributed by atoms with E-state index in [-0.39, 0.29) is 11.8 Å². The molecule has 1 fully saturated rings. The predicted octanol–water partition coefficient (Wildman–Crippen LogP) is 2.27. The normalized spacial score (nSPS) is 18.6. The van der Waals surface area contributed by atoms with Crippen molar-refractivity contribution in [2.75, 3.05) is 32.1 Å². The van der Waals surface area contributed by atoms with E-state index in [0.717, 1.165) is 19.6 Å². The van der Waals surface area contributed by atoms with Crippen LogP contribution in [0, 0.1) is 5.82 Å². The van der Waals surface area contributed by atoms with Crippen LogP contribution in [0.15, 0.2) is 24.3 Å². The molecule has 1 aliphatic heterocycles. The molecule has 0 atom stereocenters. The number of ether oxygens (including phenoxy) is 1. The zero-order valence-corrected chi connectivity index (χ0v) is 12.0. The summed E-state index contributed by atoms with van der Waals surface area (Å²) in [5, 5.41) is 3.08. The van der Waals surface area contributed by atoms with E-state index in [4.69, 9.17) is 4.74 Å². The molecule has 0 aliphatic carbocycles. The Morgan fingerprint density at radius 2 is 2.05 bits per heavy atom. The zero-order chi connectivity index (χ0) is 14.6. The topological polar surface area (TPSA) is 41.6 Å². The lowest BCUT2D eigenvalue weighted by Crippen LogP contribution is -2.55. The van der Waals surface area contributed by atoms with Crippen molar-refractivity contribution < 1.29 is 13.9 Å². The van der Waals surface area contributed by atoms with E-state index in [1.807, 2.05) is 0 Å². The van der Waals surface area contributed by atoms with Gasteiger partial charge in [-0.2, -0.15) is 0 Å². The summed E-state index contributed by atoms with van der Waals surface area (Å²) in [6, 6.07) is 6.41. The first-order valence-corrected chi connectivity index (χ1v) is 6.95. The van der Waals surface area contributed by atoms with E-state index in [9.17, 15) is 9.18 Å². The molecular formula is C15H21FN2O2. The summed E-state index contributed by atoms with van der Waals surface area (Å²) >= 11 is 0. The van der Waals surface area contributed by atoms with E-state index >= 15 is 0 Å². The summed E-state index contributed by atoms with van der Waals surface area (Å²) in [6.07, 6.45) is 1.23. The van der Waals surface area contributed by atoms with E-state index in [1.54, 1.807) is 18.2 Å². The van der Waals surface area contributed by atoms with Gasteiger partial charge in [0.15, 0.2) is 0 Å². The second-order valence-corrected chi connectivity index (χ2v) is 5.11. The molecule has 1 aromatic rings. The molecule has 1 aromatic carbocycles. The van der Waals surface area contributed by atoms with Crippen LogP contribution in [0.5, 0.6) is 0 Å². The summed E-state index contributed by atoms with van der Waals surface area (Å²) in [5.74, 6) is -0.676. The summed E-state index contributed by atoms with van der Waals surface area (Å²) in [7, 11) is 1.37. The Balaban J connectivity index is 2.21. The maximum Gasteiger partial charge on any atom is 0.331 e. The minimum absolute atomic E-state index is 0.323. The van der Waals surface area contributed by atoms with Crippen LogP contribution in [0.1, 0.15) is 19.8 Å². The lowest BCUT2D eigenvalue weighted by Gasteiger charge is -2.40. The second kappa shape index (κ2) is 6.22. The van der Waals surface area contributed by atoms with Crippen LogP contribution in [0.4, 0.5) is 10.1 Å². The minimum Gasteiger partial charge on any atom is -0.467 e. The molecule has 2 rings (SSSR count). The molecule has 0 amide bonds. The van der Waals surface area contributed by atoms with Crippen molar-refractivity contribution in [1.29, 1.82) is 0 Å². The van der Waals surface area contributed by atoms with Crippen LogP contribution in [0.25, 0.3) is 0 Å². The van der Waals surface area contributed by atoms with Crippen molar-refractivity contribution in [2.24, 2.45) is 0 Å². The molecule has 0 bridgehead atoms. The minimum atomic E-state index is -0.831. The molecule has 20 heavy (non-hydrogen) atoms. The molecule has 0 unspecified atom stereocenters. The number of hydrogen-bond acceptors (Lipinski definition) is 4. The molecule has 1 heterocycles. The largest absolute Gasteiger partial charge is 0.467 e. The van der Waals surface area contributed by atoms with Crippen LogP contribution >= 0.6 is 0 Å². The van der Waals surface area contributed by atoms with Crippen LogP contribution < -0.4 is 5.32 Å². The average molecular weight is 280 g/mol. The van der Waals surface area contributed by atoms with E-state index in [2.05, 4.69) is 17.1 Å². The highest BCUT2D eigenvalue weighted by Crippen LogP contribution is 2.29. The second-order valence-electron chi connectivity index (χ2n) is 5.11. The van der Waals surface area contributed by atoms with Crippen LogP contribution in [-0.2, 0) is 9.53 Å². The SMILES string of the molecule is CCN1CCC(Nc2ccccc2F)(C(=O)OC)CC1. The van der Waals surface area contributed by atoms with Gasteiger partial charge in [0.1, 0.15) is 11.4 Å². The summed E-state index contributed by atoms with van der Waals surface area (Å²) in [4.78, 5) is 14.4. The predicted molar refractivity (Wildman–Crippen MR) is 76.1 cm³/mol. The Morgan fingerprint density at radius 1 is 1.40 bits per heavy atom. The Kier molecular flexibility index (Phi) is 4.60. The van der Waals surface area contributed by atoms with Gasteiger partial charge in [-0.15, -0.1) is 0 Å². The highest BCUT2D eigenvalue weighted by molar-refractivity contribution is 5.84. The third kappa shape index (κ3) is 2.93. The average Bonchev–Trinajstić information content (AvgIpc) is 2.49. The lowest BCUT2D eigenvalue weighted by atomic mass is 9.87. The number of hydrogen-bond donors (Lipinski definition) is 1. The number of nitrogens with one attached hydrogen (secondary N) is 1. The maximum absolute atomic E-state index is 13.8. The number of methoxy groups -OCH3 is 1. The van der Waals surface area contributed by atoms with Gasteiger partial charge in [0, 0.05) is 13.1 Å². The van der Waals surface area contributed by atoms with Gasteiger partial charge in [-0.25, -0.2) is 9.18 Å². The van der Waals surface area contributed by atoms with Crippen molar-refractivity contribution in [2.45, 2.75) is 25.3 Å². The highest BCUT2D eigenvalue weighted by Gasteiger charge is 2.42. The number of nitrogens with zero attached hydrogens (tertiary/aromatic N) is 1. The molecule has 110 valence electrons. The zero-order valence-electron chi connectivity index (χ0n) is 12.0. The number of para-hydroxylation sites is 1. The fourth-order valence-corrected chi connectivity index (χ4v) is 2.65. The fraction of sp³-hybridized carbons (Fsp3) is 0.533. The monoisotopic (exact) mass is 280 g/mol. The number of carbonyl (C=O) groups excluding carboxylic acids is 1. The van der Waals surface area contributed by atoms with E-state index in [0.29, 0.717) is 18.5 Å². The molecule has 5 heteroatoms. The summed E-state index contributed by atoms with van der Waals surface area (Å²) in [5.41, 5.74) is -0.481. The van der Waals surface area contributed by atoms with Gasteiger partial charge in [-0.1, -0.05) is 19.1 Å². The van der Waals surface area contributed by atoms with Gasteiger partial charge >= 0.3 is 5.97 Å². The van der Waals surface area contributed by atoms with Crippen molar-refractivity contribution >= 4 is 11.7 Å². The van der Waals surface area contributed by atoms with Crippen molar-refractivity contribution in [1.82, 2.24) is 4.90 Å². The van der Waals surface area contributed by atoms with Crippen molar-refractivity contribution in [3.63, 3.8) is 0 Å². The number of carbonyl (C=O) groups is 1. The van der Waals surface area contributed by atoms with Gasteiger partial charge in [0.05, 0.1) is 12.8 Å². The fourth-order valence-electron chi connectivity index (χ4n) is 2.65. The number of piperidine rings is 1. The van der Waals surface area contributed by atoms with Crippen LogP contribution in [0.3, 0.4) is 0 Å². The van der Waals surface area contributed by atoms with E-state index in [1.165, 1.54) is 13.2 Å². The molecule has 1 N–H and O–H groups in total. The molecule has 0 radical (unpaired) electrons. The van der Waals surface area contributed by atoms with Crippen molar-refractivity contribution in [3.05, 3.63) is 30.1 Å². The van der Waals surface area contributed by atoms with Crippen LogP contribution in [-0.4, -0.2) is 43.2 Å². The Bertz CT molecular complexity index is 471. The maximum atomic E-state index is 13.8. The molecular weight excluding hydrogens is 259 g/mol. The van der Waals surface area contributed by atoms with Gasteiger partial charge in [0.25, 0.3) is 0 Å². The number of anilines is 1. The van der Waals surface area contributed by atoms with E-state index < -0.39 is 5.54 Å². The number of rotatable bonds is 4. The highest BCUT2D eigenvalue weighted by atomic mass is 19.1. The van der Waals surface area contributed by atoms with Gasteiger partial charge < -0.3 is 15.0 Å². The summed E-state index contributed by atoms with van der Waals surface area (Å²) in [6.45, 7) is 4.65. The third-order valence-corrected chi connectivity index (χ3v) is 3.98. The first-order chi connectivity index (χ1) is 9.61. The lowest BCUT2D eigenvalue weighted by molar-refractivity contribution is -0.147. The molecule has 1 aliphatic rings. The van der Waals surface area contributed by atoms with Crippen molar-refractivity contribution in [3.8, 4) is 0 Å². The first kappa shape index (κ1) is 14.8. The Labute approximate surface area is 118 Å². The number of halogens is 1. The number of esters is 1. The van der Waals surface area contributed by atoms with Gasteiger partial charge in [-0.3, -0.25) is 0 Å². The van der Waals surface area contributed by atoms with Crippen LogP contribution in [0.2, 0.25) is 0 Å². The Hall–Kier alpha value is -1.62. The van der Waals surface area contributed by atoms with Gasteiger partial charge in [0.2, 0.25) is 0 Å². The standard InChI is InChI=1S/C15H21FN2O2/c1-3-18-10-8-15(9-11-18,14(19)20-2)17-13-7-5-4-6-12(13)16/h4-7,17H,3,8-11H2,1-2H3. The summed E-state index contributed by atoms with van der Waals surface area (Å²) < 4.78 is 18.7. The first-order valence-electron chi connectivity index (χ1n) is 6.95. The number of benzene rings is 1. The molecule has 4 nitrogen and oxygen atoms in total. The molecule has 0 spiro atoms. The molecule has 0 aromatic heterocycles. The molecule has 0 saturated carbocycles. The Morgan fingerprint density at radius 3 is 2.60 bits per heavy atom. The smallest absolute Gasteiger partial charge is 0.331 e. The third-order valence-electron chi connectivity index (χ3n) is 3.98. The number of likely N-dealkylation sites (tertiary alicyclic amines) is 1. The molecule has 1 saturated heterocycles. The quantitative estimate of drug-likeness (QED) is 0.859. The van der Waals surface area contributed by atoms with Gasteiger partial charge in [-0.05, 0) is 31.5 Å².